The number of benzene rings is 1. The Morgan fingerprint density at radius 2 is 1.84 bits per heavy atom. The van der Waals surface area contributed by atoms with Crippen molar-refractivity contribution in [3.63, 3.8) is 0 Å². The van der Waals surface area contributed by atoms with Crippen LogP contribution in [0.5, 0.6) is 11.5 Å². The molecule has 0 unspecified atom stereocenters. The standard InChI is InChI=1S/C23H27F3N6O4S/c24-23(25,26)21-30-31-22(37-21)29-20-19-17(27-14-28-20)12-16(13-18(19)36-15-2-8-33-9-3-15)35-7-1-4-32-5-10-34-11-6-32/h12-15H,1-11H2,(H,27,28,29,31). The fourth-order valence-corrected chi connectivity index (χ4v) is 4.78. The summed E-state index contributed by atoms with van der Waals surface area (Å²) in [5.41, 5.74) is 0.533. The number of morpholine rings is 1. The van der Waals surface area contributed by atoms with Crippen molar-refractivity contribution < 1.29 is 32.1 Å². The molecule has 2 aliphatic rings. The highest BCUT2D eigenvalue weighted by Gasteiger charge is 2.35. The third kappa shape index (κ3) is 6.74. The van der Waals surface area contributed by atoms with E-state index < -0.39 is 11.2 Å². The number of nitrogens with zero attached hydrogens (tertiary/aromatic N) is 5. The number of ether oxygens (including phenoxy) is 4. The third-order valence-corrected chi connectivity index (χ3v) is 6.90. The zero-order valence-corrected chi connectivity index (χ0v) is 20.8. The maximum Gasteiger partial charge on any atom is 0.445 e. The van der Waals surface area contributed by atoms with Gasteiger partial charge in [0.1, 0.15) is 29.7 Å². The Morgan fingerprint density at radius 1 is 1.05 bits per heavy atom. The number of nitrogens with one attached hydrogen (secondary N) is 1. The molecule has 37 heavy (non-hydrogen) atoms. The summed E-state index contributed by atoms with van der Waals surface area (Å²) < 4.78 is 62.2. The van der Waals surface area contributed by atoms with Crippen molar-refractivity contribution >= 4 is 33.2 Å². The quantitative estimate of drug-likeness (QED) is 0.402. The van der Waals surface area contributed by atoms with Gasteiger partial charge in [-0.2, -0.15) is 13.2 Å². The van der Waals surface area contributed by atoms with E-state index in [2.05, 4.69) is 30.4 Å². The number of halogens is 3. The molecule has 200 valence electrons. The van der Waals surface area contributed by atoms with E-state index >= 15 is 0 Å². The van der Waals surface area contributed by atoms with E-state index in [9.17, 15) is 13.2 Å². The van der Waals surface area contributed by atoms with Gasteiger partial charge in [0.25, 0.3) is 0 Å². The topological polar surface area (TPSA) is 104 Å². The van der Waals surface area contributed by atoms with Gasteiger partial charge in [-0.25, -0.2) is 9.97 Å². The highest BCUT2D eigenvalue weighted by molar-refractivity contribution is 7.15. The Kier molecular flexibility index (Phi) is 8.17. The molecular formula is C23H27F3N6O4S. The Labute approximate surface area is 215 Å². The summed E-state index contributed by atoms with van der Waals surface area (Å²) in [5, 5.41) is 9.16. The molecule has 10 nitrogen and oxygen atoms in total. The van der Waals surface area contributed by atoms with E-state index in [0.717, 1.165) is 39.3 Å². The fraction of sp³-hybridized carbons (Fsp3) is 0.565. The second kappa shape index (κ2) is 11.7. The van der Waals surface area contributed by atoms with E-state index in [1.54, 1.807) is 12.1 Å². The van der Waals surface area contributed by atoms with E-state index in [1.165, 1.54) is 6.33 Å². The molecule has 2 fully saturated rings. The molecule has 0 saturated carbocycles. The van der Waals surface area contributed by atoms with Crippen LogP contribution in [0.2, 0.25) is 0 Å². The lowest BCUT2D eigenvalue weighted by Gasteiger charge is -2.26. The molecule has 0 aliphatic carbocycles. The van der Waals surface area contributed by atoms with E-state index in [0.29, 0.717) is 66.4 Å². The maximum atomic E-state index is 13.0. The molecule has 1 N–H and O–H groups in total. The maximum absolute atomic E-state index is 13.0. The highest BCUT2D eigenvalue weighted by Crippen LogP contribution is 2.38. The minimum atomic E-state index is -4.57. The van der Waals surface area contributed by atoms with Crippen molar-refractivity contribution in [1.29, 1.82) is 0 Å². The molecule has 0 spiro atoms. The van der Waals surface area contributed by atoms with Crippen molar-refractivity contribution in [1.82, 2.24) is 25.1 Å². The number of fused-ring (bicyclic) bond motifs is 1. The summed E-state index contributed by atoms with van der Waals surface area (Å²) in [6, 6.07) is 3.55. The molecule has 3 aromatic rings. The molecule has 2 saturated heterocycles. The predicted molar refractivity (Wildman–Crippen MR) is 130 cm³/mol. The number of hydrogen-bond acceptors (Lipinski definition) is 11. The summed E-state index contributed by atoms with van der Waals surface area (Å²) in [7, 11) is 0. The monoisotopic (exact) mass is 540 g/mol. The molecule has 0 bridgehead atoms. The largest absolute Gasteiger partial charge is 0.493 e. The van der Waals surface area contributed by atoms with Gasteiger partial charge in [-0.1, -0.05) is 11.3 Å². The van der Waals surface area contributed by atoms with Crippen LogP contribution in [0.15, 0.2) is 18.5 Å². The van der Waals surface area contributed by atoms with Crippen LogP contribution in [0.1, 0.15) is 24.3 Å². The van der Waals surface area contributed by atoms with E-state index in [-0.39, 0.29) is 17.1 Å². The Morgan fingerprint density at radius 3 is 2.59 bits per heavy atom. The van der Waals surface area contributed by atoms with Gasteiger partial charge in [-0.15, -0.1) is 10.2 Å². The van der Waals surface area contributed by atoms with Crippen LogP contribution >= 0.6 is 11.3 Å². The van der Waals surface area contributed by atoms with Crippen molar-refractivity contribution in [3.05, 3.63) is 23.5 Å². The molecule has 2 aliphatic heterocycles. The van der Waals surface area contributed by atoms with Gasteiger partial charge in [0.05, 0.1) is 43.9 Å². The summed E-state index contributed by atoms with van der Waals surface area (Å²) >= 11 is 0.401. The smallest absolute Gasteiger partial charge is 0.445 e. The Bertz CT molecular complexity index is 1180. The zero-order valence-electron chi connectivity index (χ0n) is 20.0. The summed E-state index contributed by atoms with van der Waals surface area (Å²) in [4.78, 5) is 11.0. The molecule has 14 heteroatoms. The lowest BCUT2D eigenvalue weighted by Crippen LogP contribution is -2.37. The van der Waals surface area contributed by atoms with Gasteiger partial charge in [-0.05, 0) is 6.42 Å². The van der Waals surface area contributed by atoms with Crippen LogP contribution in [0.25, 0.3) is 10.9 Å². The first-order chi connectivity index (χ1) is 18.0. The summed E-state index contributed by atoms with van der Waals surface area (Å²) in [5.74, 6) is 1.35. The van der Waals surface area contributed by atoms with E-state index in [1.807, 2.05) is 0 Å². The van der Waals surface area contributed by atoms with Gasteiger partial charge in [0, 0.05) is 44.6 Å². The lowest BCUT2D eigenvalue weighted by molar-refractivity contribution is -0.138. The summed E-state index contributed by atoms with van der Waals surface area (Å²) in [6.45, 7) is 5.96. The molecule has 5 rings (SSSR count). The third-order valence-electron chi connectivity index (χ3n) is 6.02. The number of aromatic nitrogens is 4. The van der Waals surface area contributed by atoms with Gasteiger partial charge >= 0.3 is 6.18 Å². The zero-order chi connectivity index (χ0) is 25.7. The molecule has 1 aromatic carbocycles. The number of rotatable bonds is 9. The second-order valence-corrected chi connectivity index (χ2v) is 9.64. The second-order valence-electron chi connectivity index (χ2n) is 8.66. The molecule has 0 atom stereocenters. The van der Waals surface area contributed by atoms with Gasteiger partial charge in [-0.3, -0.25) is 4.90 Å². The summed E-state index contributed by atoms with van der Waals surface area (Å²) in [6.07, 6.45) is -1.04. The SMILES string of the molecule is FC(F)(F)c1nnc(Nc2ncnc3cc(OCCCN4CCOCC4)cc(OC4CCOCC4)c23)s1. The first-order valence-electron chi connectivity index (χ1n) is 12.1. The first kappa shape index (κ1) is 25.8. The number of alkyl halides is 3. The van der Waals surface area contributed by atoms with Crippen LogP contribution in [0.3, 0.4) is 0 Å². The lowest BCUT2D eigenvalue weighted by atomic mass is 10.1. The van der Waals surface area contributed by atoms with Crippen molar-refractivity contribution in [2.45, 2.75) is 31.5 Å². The van der Waals surface area contributed by atoms with Crippen LogP contribution in [0, 0.1) is 0 Å². The van der Waals surface area contributed by atoms with Gasteiger partial charge < -0.3 is 24.3 Å². The Balaban J connectivity index is 1.37. The number of hydrogen-bond donors (Lipinski definition) is 1. The van der Waals surface area contributed by atoms with Crippen LogP contribution < -0.4 is 14.8 Å². The van der Waals surface area contributed by atoms with Crippen LogP contribution in [-0.4, -0.2) is 83.8 Å². The van der Waals surface area contributed by atoms with Gasteiger partial charge in [0.2, 0.25) is 10.1 Å². The molecule has 4 heterocycles. The molecule has 0 radical (unpaired) electrons. The molecule has 2 aromatic heterocycles. The Hall–Kier alpha value is -2.81. The average Bonchev–Trinajstić information content (AvgIpc) is 3.37. The van der Waals surface area contributed by atoms with Crippen molar-refractivity contribution in [3.8, 4) is 11.5 Å². The van der Waals surface area contributed by atoms with E-state index in [4.69, 9.17) is 18.9 Å². The first-order valence-corrected chi connectivity index (χ1v) is 12.9. The van der Waals surface area contributed by atoms with Crippen LogP contribution in [0.4, 0.5) is 24.1 Å². The molecular weight excluding hydrogens is 513 g/mol. The highest BCUT2D eigenvalue weighted by atomic mass is 32.1. The predicted octanol–water partition coefficient (Wildman–Crippen LogP) is 3.90. The average molecular weight is 541 g/mol. The number of anilines is 2. The van der Waals surface area contributed by atoms with Crippen molar-refractivity contribution in [2.24, 2.45) is 0 Å². The van der Waals surface area contributed by atoms with Crippen LogP contribution in [-0.2, 0) is 15.7 Å². The minimum Gasteiger partial charge on any atom is -0.493 e. The van der Waals surface area contributed by atoms with Crippen molar-refractivity contribution in [2.75, 3.05) is 58.0 Å². The molecule has 0 amide bonds. The normalized spacial score (nSPS) is 17.7. The fourth-order valence-electron chi connectivity index (χ4n) is 4.17. The van der Waals surface area contributed by atoms with Gasteiger partial charge in [0.15, 0.2) is 0 Å². The minimum absolute atomic E-state index is 0.0345.